The summed E-state index contributed by atoms with van der Waals surface area (Å²) < 4.78 is 0. The third-order valence-corrected chi connectivity index (χ3v) is 2.00. The fourth-order valence-corrected chi connectivity index (χ4v) is 1.22. The van der Waals surface area contributed by atoms with Crippen molar-refractivity contribution in [2.75, 3.05) is 11.9 Å². The molecule has 0 spiro atoms. The van der Waals surface area contributed by atoms with E-state index in [4.69, 9.17) is 5.11 Å². The fourth-order valence-electron chi connectivity index (χ4n) is 1.22. The first-order valence-electron chi connectivity index (χ1n) is 4.98. The number of aromatic carboxylic acids is 1. The lowest BCUT2D eigenvalue weighted by atomic mass is 10.2. The van der Waals surface area contributed by atoms with Gasteiger partial charge in [-0.25, -0.2) is 4.79 Å². The van der Waals surface area contributed by atoms with E-state index in [0.717, 1.165) is 0 Å². The molecule has 0 atom stereocenters. The van der Waals surface area contributed by atoms with E-state index >= 15 is 0 Å². The minimum Gasteiger partial charge on any atom is -0.507 e. The summed E-state index contributed by atoms with van der Waals surface area (Å²) in [5.74, 6) is -1.51. The standard InChI is InChI=1S/C12H13NO4/c1-8(14)3-2-6-13-9-4-5-10(12(16)17)11(15)7-9/h2-5,7,13,15H,6H2,1H3,(H,16,17). The van der Waals surface area contributed by atoms with Gasteiger partial charge in [0.2, 0.25) is 0 Å². The number of phenols is 1. The Labute approximate surface area is 98.4 Å². The zero-order chi connectivity index (χ0) is 12.8. The van der Waals surface area contributed by atoms with Crippen molar-refractivity contribution in [1.29, 1.82) is 0 Å². The number of carboxylic acid groups (broad SMARTS) is 1. The highest BCUT2D eigenvalue weighted by Crippen LogP contribution is 2.21. The molecule has 0 radical (unpaired) electrons. The highest BCUT2D eigenvalue weighted by atomic mass is 16.4. The second-order valence-electron chi connectivity index (χ2n) is 3.43. The minimum absolute atomic E-state index is 0.0455. The first-order chi connectivity index (χ1) is 8.00. The van der Waals surface area contributed by atoms with Crippen LogP contribution in [0.5, 0.6) is 5.75 Å². The molecule has 0 saturated carbocycles. The van der Waals surface area contributed by atoms with Crippen molar-refractivity contribution in [1.82, 2.24) is 0 Å². The molecule has 1 aromatic carbocycles. The van der Waals surface area contributed by atoms with Crippen LogP contribution in [-0.4, -0.2) is 28.5 Å². The molecule has 1 aromatic rings. The molecule has 3 N–H and O–H groups in total. The number of hydrogen-bond donors (Lipinski definition) is 3. The van der Waals surface area contributed by atoms with Crippen molar-refractivity contribution in [2.24, 2.45) is 0 Å². The number of aromatic hydroxyl groups is 1. The normalized spacial score (nSPS) is 10.4. The van der Waals surface area contributed by atoms with Crippen molar-refractivity contribution >= 4 is 17.4 Å². The highest BCUT2D eigenvalue weighted by Gasteiger charge is 2.08. The van der Waals surface area contributed by atoms with Gasteiger partial charge in [-0.05, 0) is 25.1 Å². The maximum absolute atomic E-state index is 10.6. The number of ketones is 1. The summed E-state index contributed by atoms with van der Waals surface area (Å²) in [5, 5.41) is 21.0. The summed E-state index contributed by atoms with van der Waals surface area (Å²) in [4.78, 5) is 21.2. The van der Waals surface area contributed by atoms with Gasteiger partial charge in [0.1, 0.15) is 11.3 Å². The van der Waals surface area contributed by atoms with E-state index in [9.17, 15) is 14.7 Å². The molecular weight excluding hydrogens is 222 g/mol. The first-order valence-corrected chi connectivity index (χ1v) is 4.98. The lowest BCUT2D eigenvalue weighted by Crippen LogP contribution is -2.01. The number of carbonyl (C=O) groups is 2. The topological polar surface area (TPSA) is 86.6 Å². The van der Waals surface area contributed by atoms with Crippen LogP contribution in [0.2, 0.25) is 0 Å². The maximum Gasteiger partial charge on any atom is 0.339 e. The SMILES string of the molecule is CC(=O)C=CCNc1ccc(C(=O)O)c(O)c1. The van der Waals surface area contributed by atoms with E-state index < -0.39 is 5.97 Å². The third kappa shape index (κ3) is 3.98. The molecule has 5 nitrogen and oxygen atoms in total. The van der Waals surface area contributed by atoms with Crippen LogP contribution in [0.4, 0.5) is 5.69 Å². The molecule has 0 bridgehead atoms. The number of rotatable bonds is 5. The number of hydrogen-bond acceptors (Lipinski definition) is 4. The van der Waals surface area contributed by atoms with E-state index in [1.807, 2.05) is 0 Å². The monoisotopic (exact) mass is 235 g/mol. The van der Waals surface area contributed by atoms with Gasteiger partial charge in [-0.3, -0.25) is 4.79 Å². The average molecular weight is 235 g/mol. The van der Waals surface area contributed by atoms with E-state index in [-0.39, 0.29) is 17.1 Å². The van der Waals surface area contributed by atoms with Gasteiger partial charge in [-0.1, -0.05) is 6.08 Å². The van der Waals surface area contributed by atoms with Gasteiger partial charge < -0.3 is 15.5 Å². The molecule has 0 amide bonds. The lowest BCUT2D eigenvalue weighted by molar-refractivity contribution is -0.112. The van der Waals surface area contributed by atoms with Crippen molar-refractivity contribution in [3.8, 4) is 5.75 Å². The van der Waals surface area contributed by atoms with Crippen LogP contribution in [0.25, 0.3) is 0 Å². The van der Waals surface area contributed by atoms with Gasteiger partial charge in [-0.2, -0.15) is 0 Å². The van der Waals surface area contributed by atoms with Gasteiger partial charge in [0.25, 0.3) is 0 Å². The maximum atomic E-state index is 10.6. The Morgan fingerprint density at radius 2 is 2.12 bits per heavy atom. The van der Waals surface area contributed by atoms with Gasteiger partial charge in [-0.15, -0.1) is 0 Å². The Morgan fingerprint density at radius 1 is 1.41 bits per heavy atom. The number of carbonyl (C=O) groups excluding carboxylic acids is 1. The predicted molar refractivity (Wildman–Crippen MR) is 63.4 cm³/mol. The van der Waals surface area contributed by atoms with Crippen LogP contribution in [0.1, 0.15) is 17.3 Å². The Hall–Kier alpha value is -2.30. The number of allylic oxidation sites excluding steroid dienone is 1. The molecule has 0 aliphatic rings. The van der Waals surface area contributed by atoms with Crippen LogP contribution >= 0.6 is 0 Å². The Kier molecular flexibility index (Phi) is 4.28. The number of anilines is 1. The van der Waals surface area contributed by atoms with Crippen LogP contribution in [0, 0.1) is 0 Å². The van der Waals surface area contributed by atoms with Crippen molar-refractivity contribution < 1.29 is 19.8 Å². The second-order valence-corrected chi connectivity index (χ2v) is 3.43. The first kappa shape index (κ1) is 12.8. The molecule has 17 heavy (non-hydrogen) atoms. The molecule has 5 heteroatoms. The number of carboxylic acids is 1. The Bertz CT molecular complexity index is 466. The molecule has 0 unspecified atom stereocenters. The molecule has 0 aliphatic carbocycles. The van der Waals surface area contributed by atoms with Gasteiger partial charge >= 0.3 is 5.97 Å². The highest BCUT2D eigenvalue weighted by molar-refractivity contribution is 5.91. The molecule has 0 fully saturated rings. The number of nitrogens with one attached hydrogen (secondary N) is 1. The van der Waals surface area contributed by atoms with Crippen LogP contribution < -0.4 is 5.32 Å². The zero-order valence-corrected chi connectivity index (χ0v) is 9.30. The Morgan fingerprint density at radius 3 is 2.65 bits per heavy atom. The minimum atomic E-state index is -1.18. The summed E-state index contributed by atoms with van der Waals surface area (Å²) in [5.41, 5.74) is 0.440. The molecule has 0 aliphatic heterocycles. The van der Waals surface area contributed by atoms with E-state index in [0.29, 0.717) is 12.2 Å². The van der Waals surface area contributed by atoms with E-state index in [2.05, 4.69) is 5.32 Å². The average Bonchev–Trinajstić information content (AvgIpc) is 2.23. The zero-order valence-electron chi connectivity index (χ0n) is 9.30. The van der Waals surface area contributed by atoms with Crippen molar-refractivity contribution in [2.45, 2.75) is 6.92 Å². The quantitative estimate of drug-likeness (QED) is 0.675. The van der Waals surface area contributed by atoms with Crippen LogP contribution in [0.15, 0.2) is 30.4 Å². The molecule has 0 aromatic heterocycles. The second kappa shape index (κ2) is 5.69. The molecule has 90 valence electrons. The van der Waals surface area contributed by atoms with E-state index in [1.54, 1.807) is 12.1 Å². The fraction of sp³-hybridized carbons (Fsp3) is 0.167. The molecule has 0 saturated heterocycles. The summed E-state index contributed by atoms with van der Waals surface area (Å²) in [6, 6.07) is 4.19. The molecule has 1 rings (SSSR count). The summed E-state index contributed by atoms with van der Waals surface area (Å²) in [6.07, 6.45) is 3.07. The summed E-state index contributed by atoms with van der Waals surface area (Å²) >= 11 is 0. The Balaban J connectivity index is 2.65. The smallest absolute Gasteiger partial charge is 0.339 e. The third-order valence-electron chi connectivity index (χ3n) is 2.00. The number of benzene rings is 1. The van der Waals surface area contributed by atoms with Gasteiger partial charge in [0, 0.05) is 18.3 Å². The summed E-state index contributed by atoms with van der Waals surface area (Å²) in [7, 11) is 0. The summed E-state index contributed by atoms with van der Waals surface area (Å²) in [6.45, 7) is 1.87. The van der Waals surface area contributed by atoms with Crippen LogP contribution in [0.3, 0.4) is 0 Å². The van der Waals surface area contributed by atoms with Crippen molar-refractivity contribution in [3.63, 3.8) is 0 Å². The molecular formula is C12H13NO4. The molecule has 0 heterocycles. The van der Waals surface area contributed by atoms with Crippen LogP contribution in [-0.2, 0) is 4.79 Å². The van der Waals surface area contributed by atoms with Gasteiger partial charge in [0.15, 0.2) is 5.78 Å². The lowest BCUT2D eigenvalue weighted by Gasteiger charge is -2.05. The van der Waals surface area contributed by atoms with Crippen molar-refractivity contribution in [3.05, 3.63) is 35.9 Å². The predicted octanol–water partition coefficient (Wildman–Crippen LogP) is 1.65. The van der Waals surface area contributed by atoms with E-state index in [1.165, 1.54) is 25.1 Å². The largest absolute Gasteiger partial charge is 0.507 e. The van der Waals surface area contributed by atoms with Gasteiger partial charge in [0.05, 0.1) is 0 Å².